The van der Waals surface area contributed by atoms with Crippen molar-refractivity contribution in [1.29, 1.82) is 0 Å². The van der Waals surface area contributed by atoms with Crippen molar-refractivity contribution in [3.05, 3.63) is 56.3 Å². The van der Waals surface area contributed by atoms with Gasteiger partial charge in [0.15, 0.2) is 0 Å². The summed E-state index contributed by atoms with van der Waals surface area (Å²) in [5.74, 6) is -0.406. The molecular formula is C18H23N3O4. The molecule has 0 aliphatic carbocycles. The van der Waals surface area contributed by atoms with Crippen molar-refractivity contribution in [1.82, 2.24) is 5.48 Å². The van der Waals surface area contributed by atoms with Crippen molar-refractivity contribution in [2.75, 3.05) is 17.2 Å². The van der Waals surface area contributed by atoms with E-state index in [0.29, 0.717) is 24.3 Å². The third kappa shape index (κ3) is 4.90. The van der Waals surface area contributed by atoms with Crippen molar-refractivity contribution in [3.63, 3.8) is 0 Å². The molecular weight excluding hydrogens is 322 g/mol. The van der Waals surface area contributed by atoms with Crippen LogP contribution in [0.5, 0.6) is 0 Å². The quantitative estimate of drug-likeness (QED) is 0.227. The van der Waals surface area contributed by atoms with E-state index in [1.807, 2.05) is 37.3 Å². The molecule has 7 heteroatoms. The predicted octanol–water partition coefficient (Wildman–Crippen LogP) is 1.93. The van der Waals surface area contributed by atoms with Gasteiger partial charge in [0, 0.05) is 19.0 Å². The second-order valence-electron chi connectivity index (χ2n) is 5.96. The van der Waals surface area contributed by atoms with Crippen molar-refractivity contribution < 1.29 is 10.0 Å². The van der Waals surface area contributed by atoms with Crippen LogP contribution in [-0.4, -0.2) is 17.7 Å². The number of hydrogen-bond donors (Lipinski definition) is 4. The fraction of sp³-hybridized carbons (Fsp3) is 0.389. The zero-order valence-corrected chi connectivity index (χ0v) is 14.2. The highest BCUT2D eigenvalue weighted by Crippen LogP contribution is 2.22. The molecule has 0 aromatic heterocycles. The molecule has 2 rings (SSSR count). The second kappa shape index (κ2) is 8.98. The van der Waals surface area contributed by atoms with E-state index in [9.17, 15) is 14.4 Å². The molecule has 0 fully saturated rings. The highest BCUT2D eigenvalue weighted by Gasteiger charge is 2.22. The summed E-state index contributed by atoms with van der Waals surface area (Å²) >= 11 is 0. The van der Waals surface area contributed by atoms with E-state index < -0.39 is 16.8 Å². The summed E-state index contributed by atoms with van der Waals surface area (Å²) < 4.78 is 0. The first-order valence-electron chi connectivity index (χ1n) is 8.36. The van der Waals surface area contributed by atoms with E-state index in [0.717, 1.165) is 18.4 Å². The molecule has 0 spiro atoms. The lowest BCUT2D eigenvalue weighted by Gasteiger charge is -2.19. The van der Waals surface area contributed by atoms with Crippen molar-refractivity contribution in [3.8, 4) is 0 Å². The maximum atomic E-state index is 11.8. The minimum atomic E-state index is -0.498. The summed E-state index contributed by atoms with van der Waals surface area (Å²) in [4.78, 5) is 34.4. The molecule has 0 heterocycles. The molecule has 0 saturated carbocycles. The highest BCUT2D eigenvalue weighted by molar-refractivity contribution is 5.75. The van der Waals surface area contributed by atoms with Crippen LogP contribution in [0.15, 0.2) is 39.9 Å². The Labute approximate surface area is 145 Å². The van der Waals surface area contributed by atoms with E-state index in [1.54, 1.807) is 5.48 Å². The van der Waals surface area contributed by atoms with Gasteiger partial charge in [0.25, 0.3) is 10.9 Å². The maximum Gasteiger partial charge on any atom is 0.253 e. The number of benzene rings is 1. The molecule has 0 aliphatic rings. The molecule has 2 aromatic rings. The molecule has 25 heavy (non-hydrogen) atoms. The molecule has 0 bridgehead atoms. The van der Waals surface area contributed by atoms with Gasteiger partial charge in [-0.1, -0.05) is 36.8 Å². The van der Waals surface area contributed by atoms with Gasteiger partial charge in [-0.05, 0) is 25.3 Å². The minimum absolute atomic E-state index is 0.0814. The molecule has 2 aromatic carbocycles. The predicted molar refractivity (Wildman–Crippen MR) is 96.7 cm³/mol. The number of anilines is 2. The Morgan fingerprint density at radius 2 is 1.72 bits per heavy atom. The normalized spacial score (nSPS) is 11.9. The first-order valence-corrected chi connectivity index (χ1v) is 8.36. The van der Waals surface area contributed by atoms with Crippen molar-refractivity contribution in [2.45, 2.75) is 38.6 Å². The van der Waals surface area contributed by atoms with Gasteiger partial charge in [-0.15, -0.1) is 0 Å². The van der Waals surface area contributed by atoms with Gasteiger partial charge in [0.05, 0.1) is 0 Å². The van der Waals surface area contributed by atoms with Crippen LogP contribution in [0.2, 0.25) is 0 Å². The lowest BCUT2D eigenvalue weighted by atomic mass is 10.1. The van der Waals surface area contributed by atoms with Gasteiger partial charge >= 0.3 is 0 Å². The van der Waals surface area contributed by atoms with E-state index in [1.165, 1.54) is 0 Å². The molecule has 0 radical (unpaired) electrons. The van der Waals surface area contributed by atoms with Gasteiger partial charge in [-0.2, -0.15) is 0 Å². The lowest BCUT2D eigenvalue weighted by Crippen LogP contribution is -2.38. The summed E-state index contributed by atoms with van der Waals surface area (Å²) in [6.45, 7) is 2.47. The topological polar surface area (TPSA) is 108 Å². The zero-order valence-electron chi connectivity index (χ0n) is 14.2. The van der Waals surface area contributed by atoms with Gasteiger partial charge in [0.1, 0.15) is 11.4 Å². The fourth-order valence-corrected chi connectivity index (χ4v) is 2.60. The van der Waals surface area contributed by atoms with Crippen LogP contribution >= 0.6 is 0 Å². The van der Waals surface area contributed by atoms with Crippen LogP contribution in [0, 0.1) is 0 Å². The summed E-state index contributed by atoms with van der Waals surface area (Å²) in [5.41, 5.74) is 2.29. The second-order valence-corrected chi connectivity index (χ2v) is 5.96. The van der Waals surface area contributed by atoms with Crippen molar-refractivity contribution >= 4 is 17.3 Å². The molecule has 134 valence electrons. The number of amides is 1. The number of carbonyl (C=O) groups is 1. The number of hydroxylamine groups is 1. The van der Waals surface area contributed by atoms with E-state index in [4.69, 9.17) is 5.21 Å². The molecule has 0 unspecified atom stereocenters. The molecule has 0 aliphatic heterocycles. The summed E-state index contributed by atoms with van der Waals surface area (Å²) in [7, 11) is 0. The molecule has 1 amide bonds. The van der Waals surface area contributed by atoms with E-state index in [-0.39, 0.29) is 12.5 Å². The SMILES string of the molecule is C[C@@H](Nc1c(NCCCCCC(=O)NO)c(=O)c1=O)c1ccccc1. The van der Waals surface area contributed by atoms with Gasteiger partial charge < -0.3 is 10.6 Å². The number of unbranched alkanes of at least 4 members (excludes halogenated alkanes) is 2. The Bertz CT molecular complexity index is 766. The molecule has 4 N–H and O–H groups in total. The average molecular weight is 345 g/mol. The standard InChI is InChI=1S/C18H23N3O4/c1-12(13-8-4-2-5-9-13)20-16-15(17(23)18(16)24)19-11-7-3-6-10-14(22)21-25/h2,4-5,8-9,12,19-20,25H,3,6-7,10-11H2,1H3,(H,21,22)/t12-/m1/s1. The average Bonchev–Trinajstić information content (AvgIpc) is 2.65. The summed E-state index contributed by atoms with van der Waals surface area (Å²) in [5, 5.41) is 14.5. The molecule has 0 saturated heterocycles. The van der Waals surface area contributed by atoms with E-state index >= 15 is 0 Å². The zero-order chi connectivity index (χ0) is 18.2. The first kappa shape index (κ1) is 18.7. The highest BCUT2D eigenvalue weighted by atomic mass is 16.5. The van der Waals surface area contributed by atoms with Gasteiger partial charge in [-0.3, -0.25) is 19.6 Å². The Kier molecular flexibility index (Phi) is 6.71. The first-order chi connectivity index (χ1) is 12.0. The number of hydrogen-bond acceptors (Lipinski definition) is 6. The Balaban J connectivity index is 1.83. The Hall–Kier alpha value is -2.67. The fourth-order valence-electron chi connectivity index (χ4n) is 2.60. The van der Waals surface area contributed by atoms with Crippen LogP contribution in [0.3, 0.4) is 0 Å². The maximum absolute atomic E-state index is 11.8. The Morgan fingerprint density at radius 1 is 1.04 bits per heavy atom. The van der Waals surface area contributed by atoms with Gasteiger partial charge in [-0.25, -0.2) is 5.48 Å². The monoisotopic (exact) mass is 345 g/mol. The smallest absolute Gasteiger partial charge is 0.253 e. The van der Waals surface area contributed by atoms with Crippen LogP contribution in [-0.2, 0) is 4.79 Å². The number of rotatable bonds is 10. The largest absolute Gasteiger partial charge is 0.380 e. The van der Waals surface area contributed by atoms with Crippen LogP contribution in [0.25, 0.3) is 0 Å². The number of carbonyl (C=O) groups excluding carboxylic acids is 1. The summed E-state index contributed by atoms with van der Waals surface area (Å²) in [6, 6.07) is 9.60. The van der Waals surface area contributed by atoms with Crippen molar-refractivity contribution in [2.24, 2.45) is 0 Å². The Morgan fingerprint density at radius 3 is 2.40 bits per heavy atom. The molecule has 7 nitrogen and oxygen atoms in total. The third-order valence-corrected chi connectivity index (χ3v) is 4.08. The summed E-state index contributed by atoms with van der Waals surface area (Å²) in [6.07, 6.45) is 2.44. The number of nitrogens with one attached hydrogen (secondary N) is 3. The van der Waals surface area contributed by atoms with Gasteiger partial charge in [0.2, 0.25) is 5.91 Å². The van der Waals surface area contributed by atoms with E-state index in [2.05, 4.69) is 10.6 Å². The minimum Gasteiger partial charge on any atom is -0.380 e. The molecule has 1 atom stereocenters. The third-order valence-electron chi connectivity index (χ3n) is 4.08. The van der Waals surface area contributed by atoms with Crippen LogP contribution in [0.1, 0.15) is 44.2 Å². The lowest BCUT2D eigenvalue weighted by molar-refractivity contribution is -0.129. The van der Waals surface area contributed by atoms with Crippen LogP contribution in [0.4, 0.5) is 11.4 Å². The van der Waals surface area contributed by atoms with Crippen LogP contribution < -0.4 is 27.0 Å².